The van der Waals surface area contributed by atoms with Crippen molar-refractivity contribution < 1.29 is 9.53 Å². The second kappa shape index (κ2) is 6.22. The standard InChI is InChI=1S/C13H24N2O2.ClH/c1-13(2)5-7-15(8-6-13)12(16)11-4-3-10(9-14)17-11;/h10-11H,3-9,14H2,1-2H3;1H/t10-,11+;/m1./s1. The Morgan fingerprint density at radius 1 is 1.33 bits per heavy atom. The van der Waals surface area contributed by atoms with E-state index in [0.717, 1.165) is 38.8 Å². The van der Waals surface area contributed by atoms with E-state index in [9.17, 15) is 4.79 Å². The van der Waals surface area contributed by atoms with Gasteiger partial charge in [0.1, 0.15) is 6.10 Å². The number of likely N-dealkylation sites (tertiary alicyclic amines) is 1. The number of rotatable bonds is 2. The molecule has 4 nitrogen and oxygen atoms in total. The van der Waals surface area contributed by atoms with Crippen molar-refractivity contribution in [2.75, 3.05) is 19.6 Å². The lowest BCUT2D eigenvalue weighted by Gasteiger charge is -2.37. The topological polar surface area (TPSA) is 55.6 Å². The molecule has 2 atom stereocenters. The van der Waals surface area contributed by atoms with Gasteiger partial charge in [0.15, 0.2) is 0 Å². The zero-order chi connectivity index (χ0) is 12.5. The molecule has 0 unspecified atom stereocenters. The number of ether oxygens (including phenoxy) is 1. The summed E-state index contributed by atoms with van der Waals surface area (Å²) in [5, 5.41) is 0. The fraction of sp³-hybridized carbons (Fsp3) is 0.923. The Bertz CT molecular complexity index is 287. The van der Waals surface area contributed by atoms with Crippen LogP contribution in [0.4, 0.5) is 0 Å². The molecule has 0 spiro atoms. The van der Waals surface area contributed by atoms with Crippen LogP contribution < -0.4 is 5.73 Å². The van der Waals surface area contributed by atoms with E-state index in [2.05, 4.69) is 13.8 Å². The van der Waals surface area contributed by atoms with Gasteiger partial charge in [0.05, 0.1) is 6.10 Å². The van der Waals surface area contributed by atoms with Gasteiger partial charge >= 0.3 is 0 Å². The summed E-state index contributed by atoms with van der Waals surface area (Å²) in [7, 11) is 0. The van der Waals surface area contributed by atoms with Gasteiger partial charge in [-0.2, -0.15) is 0 Å². The molecule has 2 saturated heterocycles. The van der Waals surface area contributed by atoms with Gasteiger partial charge < -0.3 is 15.4 Å². The Morgan fingerprint density at radius 2 is 1.94 bits per heavy atom. The van der Waals surface area contributed by atoms with Crippen LogP contribution in [0.25, 0.3) is 0 Å². The third-order valence-corrected chi connectivity index (χ3v) is 4.07. The van der Waals surface area contributed by atoms with E-state index in [4.69, 9.17) is 10.5 Å². The Balaban J connectivity index is 0.00000162. The minimum absolute atomic E-state index is 0. The van der Waals surface area contributed by atoms with Crippen LogP contribution in [0, 0.1) is 5.41 Å². The number of nitrogens with zero attached hydrogens (tertiary/aromatic N) is 1. The Labute approximate surface area is 116 Å². The lowest BCUT2D eigenvalue weighted by molar-refractivity contribution is -0.144. The molecule has 0 aromatic rings. The summed E-state index contributed by atoms with van der Waals surface area (Å²) in [4.78, 5) is 14.2. The molecule has 2 aliphatic heterocycles. The molecule has 18 heavy (non-hydrogen) atoms. The number of carbonyl (C=O) groups is 1. The molecule has 5 heteroatoms. The summed E-state index contributed by atoms with van der Waals surface area (Å²) in [5.74, 6) is 0.177. The second-order valence-corrected chi connectivity index (χ2v) is 6.05. The van der Waals surface area contributed by atoms with Gasteiger partial charge in [0, 0.05) is 19.6 Å². The van der Waals surface area contributed by atoms with E-state index < -0.39 is 0 Å². The SMILES string of the molecule is CC1(C)CCN(C(=O)[C@@H]2CC[C@H](CN)O2)CC1.Cl. The normalized spacial score (nSPS) is 30.9. The summed E-state index contributed by atoms with van der Waals surface area (Å²) in [6.45, 7) is 6.81. The predicted octanol–water partition coefficient (Wildman–Crippen LogP) is 1.56. The van der Waals surface area contributed by atoms with Crippen molar-refractivity contribution >= 4 is 18.3 Å². The van der Waals surface area contributed by atoms with Gasteiger partial charge in [0.25, 0.3) is 5.91 Å². The number of carbonyl (C=O) groups excluding carboxylic acids is 1. The number of piperidine rings is 1. The summed E-state index contributed by atoms with van der Waals surface area (Å²) < 4.78 is 5.66. The maximum atomic E-state index is 12.2. The summed E-state index contributed by atoms with van der Waals surface area (Å²) in [6.07, 6.45) is 3.79. The minimum Gasteiger partial charge on any atom is -0.364 e. The molecule has 0 aromatic heterocycles. The first kappa shape index (κ1) is 15.7. The van der Waals surface area contributed by atoms with Crippen LogP contribution in [0.2, 0.25) is 0 Å². The number of amides is 1. The monoisotopic (exact) mass is 276 g/mol. The van der Waals surface area contributed by atoms with E-state index in [1.54, 1.807) is 0 Å². The zero-order valence-electron chi connectivity index (χ0n) is 11.4. The molecule has 0 saturated carbocycles. The van der Waals surface area contributed by atoms with Crippen LogP contribution in [0.1, 0.15) is 39.5 Å². The maximum absolute atomic E-state index is 12.2. The second-order valence-electron chi connectivity index (χ2n) is 6.05. The highest BCUT2D eigenvalue weighted by Crippen LogP contribution is 2.31. The van der Waals surface area contributed by atoms with Crippen LogP contribution >= 0.6 is 12.4 Å². The lowest BCUT2D eigenvalue weighted by atomic mass is 9.82. The maximum Gasteiger partial charge on any atom is 0.251 e. The van der Waals surface area contributed by atoms with Gasteiger partial charge in [-0.05, 0) is 31.1 Å². The highest BCUT2D eigenvalue weighted by Gasteiger charge is 2.35. The van der Waals surface area contributed by atoms with Gasteiger partial charge in [-0.25, -0.2) is 0 Å². The molecule has 2 N–H and O–H groups in total. The highest BCUT2D eigenvalue weighted by molar-refractivity contribution is 5.85. The largest absolute Gasteiger partial charge is 0.364 e. The molecule has 0 aromatic carbocycles. The number of nitrogens with two attached hydrogens (primary N) is 1. The molecule has 0 aliphatic carbocycles. The molecule has 0 bridgehead atoms. The van der Waals surface area contributed by atoms with E-state index in [1.807, 2.05) is 4.90 Å². The van der Waals surface area contributed by atoms with E-state index >= 15 is 0 Å². The molecule has 106 valence electrons. The van der Waals surface area contributed by atoms with Crippen LogP contribution in [-0.4, -0.2) is 42.6 Å². The molecule has 2 fully saturated rings. The fourth-order valence-electron chi connectivity index (χ4n) is 2.60. The molecule has 0 radical (unpaired) electrons. The third kappa shape index (κ3) is 3.59. The first-order valence-corrected chi connectivity index (χ1v) is 6.66. The van der Waals surface area contributed by atoms with E-state index in [-0.39, 0.29) is 30.5 Å². The van der Waals surface area contributed by atoms with Crippen molar-refractivity contribution in [3.63, 3.8) is 0 Å². The molecule has 1 amide bonds. The number of hydrogen-bond acceptors (Lipinski definition) is 3. The Hall–Kier alpha value is -0.320. The highest BCUT2D eigenvalue weighted by atomic mass is 35.5. The summed E-state index contributed by atoms with van der Waals surface area (Å²) >= 11 is 0. The van der Waals surface area contributed by atoms with Crippen molar-refractivity contribution in [1.29, 1.82) is 0 Å². The van der Waals surface area contributed by atoms with Gasteiger partial charge in [0.2, 0.25) is 0 Å². The smallest absolute Gasteiger partial charge is 0.251 e. The zero-order valence-corrected chi connectivity index (χ0v) is 12.2. The van der Waals surface area contributed by atoms with E-state index in [1.165, 1.54) is 0 Å². The summed E-state index contributed by atoms with van der Waals surface area (Å²) in [5.41, 5.74) is 5.94. The van der Waals surface area contributed by atoms with Crippen molar-refractivity contribution in [3.05, 3.63) is 0 Å². The molecule has 2 rings (SSSR count). The number of hydrogen-bond donors (Lipinski definition) is 1. The van der Waals surface area contributed by atoms with Gasteiger partial charge in [-0.3, -0.25) is 4.79 Å². The van der Waals surface area contributed by atoms with Gasteiger partial charge in [-0.15, -0.1) is 12.4 Å². The van der Waals surface area contributed by atoms with Crippen molar-refractivity contribution in [1.82, 2.24) is 4.90 Å². The lowest BCUT2D eigenvalue weighted by Crippen LogP contribution is -2.45. The van der Waals surface area contributed by atoms with Crippen LogP contribution in [0.5, 0.6) is 0 Å². The quantitative estimate of drug-likeness (QED) is 0.833. The molecule has 2 aliphatic rings. The Kier molecular flexibility index (Phi) is 5.44. The average Bonchev–Trinajstić information content (AvgIpc) is 2.76. The van der Waals surface area contributed by atoms with Gasteiger partial charge in [-0.1, -0.05) is 13.8 Å². The summed E-state index contributed by atoms with van der Waals surface area (Å²) in [6, 6.07) is 0. The molecule has 2 heterocycles. The fourth-order valence-corrected chi connectivity index (χ4v) is 2.60. The van der Waals surface area contributed by atoms with Crippen molar-refractivity contribution in [3.8, 4) is 0 Å². The van der Waals surface area contributed by atoms with Crippen LogP contribution in [0.3, 0.4) is 0 Å². The number of halogens is 1. The molecular weight excluding hydrogens is 252 g/mol. The first-order valence-electron chi connectivity index (χ1n) is 6.66. The van der Waals surface area contributed by atoms with Crippen LogP contribution in [-0.2, 0) is 9.53 Å². The van der Waals surface area contributed by atoms with Crippen molar-refractivity contribution in [2.45, 2.75) is 51.7 Å². The van der Waals surface area contributed by atoms with Crippen LogP contribution in [0.15, 0.2) is 0 Å². The Morgan fingerprint density at radius 3 is 2.44 bits per heavy atom. The first-order chi connectivity index (χ1) is 8.02. The third-order valence-electron chi connectivity index (χ3n) is 4.07. The van der Waals surface area contributed by atoms with Crippen molar-refractivity contribution in [2.24, 2.45) is 11.1 Å². The van der Waals surface area contributed by atoms with E-state index in [0.29, 0.717) is 12.0 Å². The molecular formula is C13H25ClN2O2. The minimum atomic E-state index is -0.232. The predicted molar refractivity (Wildman–Crippen MR) is 73.8 cm³/mol. The average molecular weight is 277 g/mol.